The molecule has 134 valence electrons. The molecule has 0 rings (SSSR count). The number of rotatable bonds is 15. The molecule has 0 aromatic carbocycles. The van der Waals surface area contributed by atoms with Crippen molar-refractivity contribution in [2.24, 2.45) is 0 Å². The van der Waals surface area contributed by atoms with E-state index in [9.17, 15) is 9.59 Å². The van der Waals surface area contributed by atoms with Crippen molar-refractivity contribution >= 4 is 35.1 Å². The Bertz CT molecular complexity index is 333. The quantitative estimate of drug-likeness (QED) is 0.178. The number of ether oxygens (including phenoxy) is 2. The van der Waals surface area contributed by atoms with Gasteiger partial charge in [0.1, 0.15) is 11.4 Å². The second kappa shape index (κ2) is 16.1. The third-order valence-electron chi connectivity index (χ3n) is 3.20. The Labute approximate surface area is 149 Å². The van der Waals surface area contributed by atoms with Gasteiger partial charge in [-0.15, -0.1) is 29.8 Å². The highest BCUT2D eigenvalue weighted by atomic mass is 35.5. The first-order valence-corrected chi connectivity index (χ1v) is 9.14. The number of hydrogen-bond acceptors (Lipinski definition) is 4. The van der Waals surface area contributed by atoms with Gasteiger partial charge in [0.2, 0.25) is 0 Å². The lowest BCUT2D eigenvalue weighted by molar-refractivity contribution is -0.145. The molecule has 23 heavy (non-hydrogen) atoms. The molecule has 0 saturated heterocycles. The summed E-state index contributed by atoms with van der Waals surface area (Å²) in [6.45, 7) is 4.12. The van der Waals surface area contributed by atoms with E-state index in [0.29, 0.717) is 13.0 Å². The Balaban J connectivity index is 3.34. The molecule has 0 radical (unpaired) electrons. The summed E-state index contributed by atoms with van der Waals surface area (Å²) in [6, 6.07) is 0. The molecule has 0 aliphatic heterocycles. The third kappa shape index (κ3) is 17.4. The number of unbranched alkanes of at least 4 members (excludes halogenated alkanes) is 6. The van der Waals surface area contributed by atoms with E-state index in [2.05, 4.69) is 6.58 Å². The Kier molecular flexibility index (Phi) is 15.6. The second-order valence-corrected chi connectivity index (χ2v) is 6.62. The molecule has 0 unspecified atom stereocenters. The first kappa shape index (κ1) is 22.3. The zero-order valence-electron chi connectivity index (χ0n) is 13.7. The minimum Gasteiger partial charge on any atom is -0.466 e. The maximum absolute atomic E-state index is 11.5. The zero-order chi connectivity index (χ0) is 17.3. The van der Waals surface area contributed by atoms with Gasteiger partial charge in [-0.05, 0) is 25.7 Å². The molecule has 0 aliphatic carbocycles. The van der Waals surface area contributed by atoms with Gasteiger partial charge in [0, 0.05) is 12.8 Å². The average molecular weight is 367 g/mol. The van der Waals surface area contributed by atoms with Crippen molar-refractivity contribution in [1.82, 2.24) is 0 Å². The van der Waals surface area contributed by atoms with Crippen molar-refractivity contribution in [3.63, 3.8) is 0 Å². The minimum atomic E-state index is -0.717. The number of alkyl halides is 2. The summed E-state index contributed by atoms with van der Waals surface area (Å²) in [7, 11) is 0. The maximum atomic E-state index is 11.5. The van der Waals surface area contributed by atoms with E-state index in [1.165, 1.54) is 25.7 Å². The molecule has 0 aromatic rings. The summed E-state index contributed by atoms with van der Waals surface area (Å²) >= 11 is 10.9. The smallest absolute Gasteiger partial charge is 0.305 e. The number of hydrogen-bond donors (Lipinski definition) is 0. The molecule has 0 heterocycles. The molecule has 0 aliphatic rings. The Morgan fingerprint density at radius 1 is 0.870 bits per heavy atom. The average Bonchev–Trinajstić information content (AvgIpc) is 2.51. The highest BCUT2D eigenvalue weighted by Gasteiger charge is 2.08. The fourth-order valence-corrected chi connectivity index (χ4v) is 2.09. The minimum absolute atomic E-state index is 0.0278. The molecular weight excluding hydrogens is 339 g/mol. The fraction of sp³-hybridized carbons (Fsp3) is 0.765. The predicted molar refractivity (Wildman–Crippen MR) is 93.8 cm³/mol. The zero-order valence-corrected chi connectivity index (χ0v) is 15.2. The Morgan fingerprint density at radius 3 is 2.04 bits per heavy atom. The van der Waals surface area contributed by atoms with Crippen molar-refractivity contribution in [3.05, 3.63) is 12.7 Å². The summed E-state index contributed by atoms with van der Waals surface area (Å²) in [5, 5.41) is 0. The van der Waals surface area contributed by atoms with E-state index in [0.717, 1.165) is 19.3 Å². The number of halogens is 2. The molecule has 0 atom stereocenters. The van der Waals surface area contributed by atoms with Crippen LogP contribution in [0.2, 0.25) is 0 Å². The number of carbonyl (C=O) groups excluding carboxylic acids is 2. The maximum Gasteiger partial charge on any atom is 0.305 e. The molecule has 0 saturated carbocycles. The summed E-state index contributed by atoms with van der Waals surface area (Å²) in [5.74, 6) is -0.670. The van der Waals surface area contributed by atoms with Gasteiger partial charge in [0.05, 0.1) is 6.61 Å². The van der Waals surface area contributed by atoms with Crippen LogP contribution in [0.3, 0.4) is 0 Å². The SMILES string of the molecule is C=CCCCCCCCCOC(=O)CCCC(=O)OCC(Cl)Cl. The monoisotopic (exact) mass is 366 g/mol. The van der Waals surface area contributed by atoms with E-state index < -0.39 is 10.8 Å². The number of carbonyl (C=O) groups is 2. The highest BCUT2D eigenvalue weighted by molar-refractivity contribution is 6.44. The molecule has 0 aromatic heterocycles. The fourth-order valence-electron chi connectivity index (χ4n) is 1.96. The summed E-state index contributed by atoms with van der Waals surface area (Å²) in [5.41, 5.74) is 0. The molecule has 0 amide bonds. The van der Waals surface area contributed by atoms with Crippen LogP contribution in [0.1, 0.15) is 64.2 Å². The second-order valence-electron chi connectivity index (χ2n) is 5.35. The van der Waals surface area contributed by atoms with Gasteiger partial charge in [0.15, 0.2) is 0 Å². The van der Waals surface area contributed by atoms with Gasteiger partial charge in [0.25, 0.3) is 0 Å². The number of allylic oxidation sites excluding steroid dienone is 1. The first-order chi connectivity index (χ1) is 11.1. The molecule has 0 spiro atoms. The Morgan fingerprint density at radius 2 is 1.43 bits per heavy atom. The van der Waals surface area contributed by atoms with E-state index in [1.54, 1.807) is 0 Å². The van der Waals surface area contributed by atoms with Crippen LogP contribution in [0, 0.1) is 0 Å². The van der Waals surface area contributed by atoms with E-state index in [1.807, 2.05) is 6.08 Å². The summed E-state index contributed by atoms with van der Waals surface area (Å²) in [4.78, 5) is 22.0. The van der Waals surface area contributed by atoms with Crippen LogP contribution in [0.5, 0.6) is 0 Å². The van der Waals surface area contributed by atoms with Gasteiger partial charge >= 0.3 is 11.9 Å². The summed E-state index contributed by atoms with van der Waals surface area (Å²) < 4.78 is 9.91. The van der Waals surface area contributed by atoms with Crippen LogP contribution in [-0.4, -0.2) is 30.0 Å². The molecule has 0 fully saturated rings. The van der Waals surface area contributed by atoms with E-state index >= 15 is 0 Å². The number of esters is 2. The molecular formula is C17H28Cl2O4. The molecule has 6 heteroatoms. The first-order valence-electron chi connectivity index (χ1n) is 8.26. The van der Waals surface area contributed by atoms with Crippen LogP contribution in [0.15, 0.2) is 12.7 Å². The van der Waals surface area contributed by atoms with Crippen LogP contribution >= 0.6 is 23.2 Å². The highest BCUT2D eigenvalue weighted by Crippen LogP contribution is 2.08. The van der Waals surface area contributed by atoms with E-state index in [4.69, 9.17) is 32.7 Å². The van der Waals surface area contributed by atoms with Crippen molar-refractivity contribution in [1.29, 1.82) is 0 Å². The lowest BCUT2D eigenvalue weighted by Crippen LogP contribution is -2.11. The van der Waals surface area contributed by atoms with Gasteiger partial charge in [-0.1, -0.05) is 31.8 Å². The van der Waals surface area contributed by atoms with Crippen LogP contribution < -0.4 is 0 Å². The topological polar surface area (TPSA) is 52.6 Å². The lowest BCUT2D eigenvalue weighted by Gasteiger charge is -2.06. The van der Waals surface area contributed by atoms with Crippen LogP contribution in [0.4, 0.5) is 0 Å². The standard InChI is InChI=1S/C17H28Cl2O4/c1-2-3-4-5-6-7-8-9-13-22-16(20)11-10-12-17(21)23-14-15(18)19/h2,15H,1,3-14H2. The largest absolute Gasteiger partial charge is 0.466 e. The Hall–Kier alpha value is -0.740. The van der Waals surface area contributed by atoms with Gasteiger partial charge in [-0.2, -0.15) is 0 Å². The molecule has 0 N–H and O–H groups in total. The molecule has 4 nitrogen and oxygen atoms in total. The van der Waals surface area contributed by atoms with Crippen LogP contribution in [-0.2, 0) is 19.1 Å². The van der Waals surface area contributed by atoms with Gasteiger partial charge < -0.3 is 9.47 Å². The normalized spacial score (nSPS) is 10.6. The third-order valence-corrected chi connectivity index (χ3v) is 3.45. The lowest BCUT2D eigenvalue weighted by atomic mass is 10.1. The van der Waals surface area contributed by atoms with Crippen molar-refractivity contribution in [2.45, 2.75) is 69.0 Å². The van der Waals surface area contributed by atoms with Crippen molar-refractivity contribution in [2.75, 3.05) is 13.2 Å². The predicted octanol–water partition coefficient (Wildman–Crippen LogP) is 4.96. The van der Waals surface area contributed by atoms with Gasteiger partial charge in [-0.3, -0.25) is 9.59 Å². The van der Waals surface area contributed by atoms with Crippen molar-refractivity contribution < 1.29 is 19.1 Å². The van der Waals surface area contributed by atoms with Crippen molar-refractivity contribution in [3.8, 4) is 0 Å². The van der Waals surface area contributed by atoms with Crippen LogP contribution in [0.25, 0.3) is 0 Å². The molecule has 0 bridgehead atoms. The van der Waals surface area contributed by atoms with Gasteiger partial charge in [-0.25, -0.2) is 0 Å². The summed E-state index contributed by atoms with van der Waals surface area (Å²) in [6.07, 6.45) is 10.6. The van der Waals surface area contributed by atoms with E-state index in [-0.39, 0.29) is 25.4 Å².